The lowest BCUT2D eigenvalue weighted by molar-refractivity contribution is 0.0769. The molecule has 0 spiro atoms. The predicted molar refractivity (Wildman–Crippen MR) is 102 cm³/mol. The van der Waals surface area contributed by atoms with Crippen LogP contribution in [0, 0.1) is 12.8 Å². The highest BCUT2D eigenvalue weighted by atomic mass is 16.5. The van der Waals surface area contributed by atoms with Gasteiger partial charge in [0.15, 0.2) is 5.69 Å². The summed E-state index contributed by atoms with van der Waals surface area (Å²) in [5.74, 6) is 0.946. The van der Waals surface area contributed by atoms with Gasteiger partial charge in [0.05, 0.1) is 12.5 Å². The van der Waals surface area contributed by atoms with E-state index in [1.165, 1.54) is 0 Å². The molecule has 8 nitrogen and oxygen atoms in total. The van der Waals surface area contributed by atoms with Crippen molar-refractivity contribution < 1.29 is 13.9 Å². The van der Waals surface area contributed by atoms with E-state index < -0.39 is 0 Å². The number of carbonyl (C=O) groups is 1. The monoisotopic (exact) mass is 381 g/mol. The molecule has 0 aliphatic carbocycles. The summed E-state index contributed by atoms with van der Waals surface area (Å²) in [6.07, 6.45) is 0. The number of aryl methyl sites for hydroxylation is 2. The molecule has 1 aromatic carbocycles. The van der Waals surface area contributed by atoms with Gasteiger partial charge in [-0.15, -0.1) is 10.2 Å². The van der Waals surface area contributed by atoms with Gasteiger partial charge < -0.3 is 14.1 Å². The van der Waals surface area contributed by atoms with Crippen LogP contribution >= 0.6 is 0 Å². The van der Waals surface area contributed by atoms with Crippen LogP contribution in [0.1, 0.15) is 28.0 Å². The zero-order chi connectivity index (χ0) is 19.7. The molecule has 0 saturated carbocycles. The highest BCUT2D eigenvalue weighted by Gasteiger charge is 2.40. The molecule has 3 aromatic rings. The van der Waals surface area contributed by atoms with Crippen molar-refractivity contribution in [3.8, 4) is 11.5 Å². The average molecular weight is 381 g/mol. The number of benzene rings is 1. The molecular formula is C20H23N5O3. The van der Waals surface area contributed by atoms with E-state index in [-0.39, 0.29) is 17.7 Å². The van der Waals surface area contributed by atoms with Crippen molar-refractivity contribution in [2.24, 2.45) is 13.0 Å². The SMILES string of the molecule is COC[C@@H]1CN(C(=O)c2cc(C)n(C)n2)C[C@H]1c1nnc(-c2ccccc2)o1. The summed E-state index contributed by atoms with van der Waals surface area (Å²) in [6, 6.07) is 11.5. The van der Waals surface area contributed by atoms with Crippen LogP contribution in [-0.2, 0) is 11.8 Å². The summed E-state index contributed by atoms with van der Waals surface area (Å²) in [5, 5.41) is 12.8. The van der Waals surface area contributed by atoms with Crippen molar-refractivity contribution in [1.29, 1.82) is 0 Å². The van der Waals surface area contributed by atoms with Crippen LogP contribution in [0.3, 0.4) is 0 Å². The Labute approximate surface area is 163 Å². The van der Waals surface area contributed by atoms with Crippen molar-refractivity contribution >= 4 is 5.91 Å². The number of ether oxygens (including phenoxy) is 1. The molecule has 2 aromatic heterocycles. The lowest BCUT2D eigenvalue weighted by Gasteiger charge is -2.14. The van der Waals surface area contributed by atoms with Gasteiger partial charge in [-0.05, 0) is 25.1 Å². The first kappa shape index (κ1) is 18.4. The number of nitrogens with zero attached hydrogens (tertiary/aromatic N) is 5. The standard InChI is InChI=1S/C20H23N5O3/c1-13-9-17(23-24(13)2)20(26)25-10-15(12-27-3)16(11-25)19-22-21-18(28-19)14-7-5-4-6-8-14/h4-9,15-16H,10-12H2,1-3H3/t15-,16+/m0/s1. The van der Waals surface area contributed by atoms with E-state index >= 15 is 0 Å². The molecule has 1 amide bonds. The molecular weight excluding hydrogens is 358 g/mol. The maximum Gasteiger partial charge on any atom is 0.274 e. The van der Waals surface area contributed by atoms with Gasteiger partial charge in [-0.3, -0.25) is 9.48 Å². The van der Waals surface area contributed by atoms with Gasteiger partial charge in [-0.25, -0.2) is 0 Å². The Bertz CT molecular complexity index is 946. The van der Waals surface area contributed by atoms with Crippen LogP contribution in [0.25, 0.3) is 11.5 Å². The van der Waals surface area contributed by atoms with E-state index in [0.29, 0.717) is 37.2 Å². The molecule has 0 N–H and O–H groups in total. The van der Waals surface area contributed by atoms with E-state index in [4.69, 9.17) is 9.15 Å². The second kappa shape index (κ2) is 7.55. The largest absolute Gasteiger partial charge is 0.420 e. The highest BCUT2D eigenvalue weighted by molar-refractivity contribution is 5.92. The predicted octanol–water partition coefficient (Wildman–Crippen LogP) is 2.28. The van der Waals surface area contributed by atoms with Crippen LogP contribution in [-0.4, -0.2) is 57.6 Å². The molecule has 1 aliphatic rings. The highest BCUT2D eigenvalue weighted by Crippen LogP contribution is 2.34. The van der Waals surface area contributed by atoms with E-state index in [1.807, 2.05) is 44.3 Å². The summed E-state index contributed by atoms with van der Waals surface area (Å²) in [4.78, 5) is 14.7. The molecule has 2 atom stereocenters. The van der Waals surface area contributed by atoms with E-state index in [9.17, 15) is 4.79 Å². The fourth-order valence-corrected chi connectivity index (χ4v) is 3.61. The lowest BCUT2D eigenvalue weighted by Crippen LogP contribution is -2.29. The summed E-state index contributed by atoms with van der Waals surface area (Å²) in [7, 11) is 3.49. The van der Waals surface area contributed by atoms with Crippen molar-refractivity contribution in [1.82, 2.24) is 24.9 Å². The van der Waals surface area contributed by atoms with Crippen molar-refractivity contribution in [2.75, 3.05) is 26.8 Å². The second-order valence-electron chi connectivity index (χ2n) is 7.14. The lowest BCUT2D eigenvalue weighted by atomic mass is 9.97. The Kier molecular flexibility index (Phi) is 4.95. The molecule has 1 fully saturated rings. The molecule has 28 heavy (non-hydrogen) atoms. The smallest absolute Gasteiger partial charge is 0.274 e. The molecule has 0 bridgehead atoms. The number of hydrogen-bond acceptors (Lipinski definition) is 6. The normalized spacial score (nSPS) is 19.3. The van der Waals surface area contributed by atoms with E-state index in [2.05, 4.69) is 15.3 Å². The number of hydrogen-bond donors (Lipinski definition) is 0. The van der Waals surface area contributed by atoms with Crippen LogP contribution in [0.15, 0.2) is 40.8 Å². The van der Waals surface area contributed by atoms with E-state index in [1.54, 1.807) is 22.8 Å². The Morgan fingerprint density at radius 3 is 2.71 bits per heavy atom. The third-order valence-electron chi connectivity index (χ3n) is 5.22. The van der Waals surface area contributed by atoms with E-state index in [0.717, 1.165) is 11.3 Å². The van der Waals surface area contributed by atoms with Crippen molar-refractivity contribution in [3.63, 3.8) is 0 Å². The van der Waals surface area contributed by atoms with Crippen LogP contribution in [0.4, 0.5) is 0 Å². The number of aromatic nitrogens is 4. The van der Waals surface area contributed by atoms with Crippen LogP contribution in [0.2, 0.25) is 0 Å². The summed E-state index contributed by atoms with van der Waals surface area (Å²) >= 11 is 0. The fraction of sp³-hybridized carbons (Fsp3) is 0.400. The number of likely N-dealkylation sites (tertiary alicyclic amines) is 1. The van der Waals surface area contributed by atoms with Gasteiger partial charge in [0.25, 0.3) is 5.91 Å². The Morgan fingerprint density at radius 2 is 2.04 bits per heavy atom. The number of carbonyl (C=O) groups excluding carboxylic acids is 1. The first-order valence-electron chi connectivity index (χ1n) is 9.24. The molecule has 4 rings (SSSR count). The van der Waals surface area contributed by atoms with Crippen molar-refractivity contribution in [3.05, 3.63) is 53.7 Å². The third-order valence-corrected chi connectivity index (χ3v) is 5.22. The Morgan fingerprint density at radius 1 is 1.25 bits per heavy atom. The fourth-order valence-electron chi connectivity index (χ4n) is 3.61. The van der Waals surface area contributed by atoms with Gasteiger partial charge in [-0.2, -0.15) is 5.10 Å². The van der Waals surface area contributed by atoms with Gasteiger partial charge in [0, 0.05) is 44.4 Å². The summed E-state index contributed by atoms with van der Waals surface area (Å²) in [6.45, 7) is 3.50. The van der Waals surface area contributed by atoms with Gasteiger partial charge in [0.1, 0.15) is 0 Å². The summed E-state index contributed by atoms with van der Waals surface area (Å²) in [5.41, 5.74) is 2.27. The third kappa shape index (κ3) is 3.43. The topological polar surface area (TPSA) is 86.3 Å². The molecule has 0 unspecified atom stereocenters. The van der Waals surface area contributed by atoms with Crippen molar-refractivity contribution in [2.45, 2.75) is 12.8 Å². The van der Waals surface area contributed by atoms with Gasteiger partial charge in [-0.1, -0.05) is 18.2 Å². The molecule has 1 saturated heterocycles. The van der Waals surface area contributed by atoms with Gasteiger partial charge in [0.2, 0.25) is 11.8 Å². The molecule has 8 heteroatoms. The minimum atomic E-state index is -0.0879. The molecule has 1 aliphatic heterocycles. The number of rotatable bonds is 5. The first-order chi connectivity index (χ1) is 13.6. The minimum Gasteiger partial charge on any atom is -0.420 e. The maximum atomic E-state index is 12.9. The van der Waals surface area contributed by atoms with Crippen LogP contribution in [0.5, 0.6) is 0 Å². The minimum absolute atomic E-state index is 0.0707. The molecule has 3 heterocycles. The number of amides is 1. The summed E-state index contributed by atoms with van der Waals surface area (Å²) < 4.78 is 13.0. The number of methoxy groups -OCH3 is 1. The second-order valence-corrected chi connectivity index (χ2v) is 7.14. The zero-order valence-electron chi connectivity index (χ0n) is 16.2. The Balaban J connectivity index is 1.56. The quantitative estimate of drug-likeness (QED) is 0.674. The zero-order valence-corrected chi connectivity index (χ0v) is 16.2. The van der Waals surface area contributed by atoms with Crippen LogP contribution < -0.4 is 0 Å². The average Bonchev–Trinajstić information content (AvgIpc) is 3.42. The van der Waals surface area contributed by atoms with Gasteiger partial charge >= 0.3 is 0 Å². The molecule has 0 radical (unpaired) electrons. The molecule has 146 valence electrons. The maximum absolute atomic E-state index is 12.9. The Hall–Kier alpha value is -3.00. The first-order valence-corrected chi connectivity index (χ1v) is 9.24.